The van der Waals surface area contributed by atoms with E-state index >= 15 is 0 Å². The van der Waals surface area contributed by atoms with E-state index in [0.717, 1.165) is 9.87 Å². The Morgan fingerprint density at radius 2 is 1.67 bits per heavy atom. The van der Waals surface area contributed by atoms with Crippen LogP contribution in [0, 0.1) is 6.92 Å². The van der Waals surface area contributed by atoms with Gasteiger partial charge >= 0.3 is 0 Å². The summed E-state index contributed by atoms with van der Waals surface area (Å²) in [7, 11) is -4.07. The van der Waals surface area contributed by atoms with E-state index in [9.17, 15) is 13.2 Å². The van der Waals surface area contributed by atoms with Crippen LogP contribution < -0.4 is 4.31 Å². The second kappa shape index (κ2) is 7.31. The van der Waals surface area contributed by atoms with E-state index in [-0.39, 0.29) is 20.6 Å². The average Bonchev–Trinajstić information content (AvgIpc) is 2.51. The molecule has 0 N–H and O–H groups in total. The number of carbonyl (C=O) groups is 1. The van der Waals surface area contributed by atoms with Crippen LogP contribution in [0.25, 0.3) is 0 Å². The molecule has 2 rings (SSSR count). The van der Waals surface area contributed by atoms with Gasteiger partial charge in [-0.3, -0.25) is 9.10 Å². The molecule has 0 aromatic heterocycles. The largest absolute Gasteiger partial charge is 0.279 e. The number of hydrogen-bond acceptors (Lipinski definition) is 3. The highest BCUT2D eigenvalue weighted by Gasteiger charge is 2.34. The van der Waals surface area contributed by atoms with Crippen LogP contribution in [-0.4, -0.2) is 19.7 Å². The molecule has 0 aliphatic carbocycles. The van der Waals surface area contributed by atoms with Gasteiger partial charge in [0.1, 0.15) is 6.04 Å². The van der Waals surface area contributed by atoms with Gasteiger partial charge in [-0.25, -0.2) is 8.42 Å². The molecule has 1 unspecified atom stereocenters. The molecule has 0 fully saturated rings. The lowest BCUT2D eigenvalue weighted by Gasteiger charge is -2.29. The monoisotopic (exact) mass is 405 g/mol. The average molecular weight is 407 g/mol. The van der Waals surface area contributed by atoms with E-state index < -0.39 is 21.3 Å². The third-order valence-electron chi connectivity index (χ3n) is 3.40. The third kappa shape index (κ3) is 3.86. The molecule has 0 saturated heterocycles. The fourth-order valence-electron chi connectivity index (χ4n) is 2.12. The molecule has 0 aliphatic rings. The van der Waals surface area contributed by atoms with Crippen molar-refractivity contribution in [3.8, 4) is 0 Å². The highest BCUT2D eigenvalue weighted by atomic mass is 35.5. The van der Waals surface area contributed by atoms with Crippen molar-refractivity contribution in [1.29, 1.82) is 0 Å². The first-order valence-corrected chi connectivity index (χ1v) is 9.47. The molecule has 0 amide bonds. The normalized spacial score (nSPS) is 12.7. The van der Waals surface area contributed by atoms with Gasteiger partial charge in [-0.2, -0.15) is 0 Å². The van der Waals surface area contributed by atoms with Crippen molar-refractivity contribution < 1.29 is 13.2 Å². The number of aryl methyl sites for hydroxylation is 1. The van der Waals surface area contributed by atoms with E-state index in [0.29, 0.717) is 0 Å². The van der Waals surface area contributed by atoms with Gasteiger partial charge in [-0.15, -0.1) is 0 Å². The minimum atomic E-state index is -4.07. The van der Waals surface area contributed by atoms with Crippen LogP contribution in [0.5, 0.6) is 0 Å². The lowest BCUT2D eigenvalue weighted by molar-refractivity contribution is -0.112. The number of hydrogen-bond donors (Lipinski definition) is 0. The summed E-state index contributed by atoms with van der Waals surface area (Å²) < 4.78 is 27.0. The number of rotatable bonds is 5. The molecule has 2 aromatic carbocycles. The molecule has 128 valence electrons. The zero-order valence-electron chi connectivity index (χ0n) is 12.8. The molecule has 0 heterocycles. The summed E-state index contributed by atoms with van der Waals surface area (Å²) >= 11 is 17.7. The topological polar surface area (TPSA) is 54.5 Å². The number of anilines is 1. The summed E-state index contributed by atoms with van der Waals surface area (Å²) in [5.41, 5.74) is 0.994. The number of nitrogens with zero attached hydrogens (tertiary/aromatic N) is 1. The van der Waals surface area contributed by atoms with Gasteiger partial charge in [0, 0.05) is 5.02 Å². The predicted molar refractivity (Wildman–Crippen MR) is 97.6 cm³/mol. The molecule has 4 nitrogen and oxygen atoms in total. The maximum atomic E-state index is 13.1. The predicted octanol–water partition coefficient (Wildman–Crippen LogP) is 4.65. The SMILES string of the molecule is Cc1ccc(S(=O)(=O)N(c2cc(Cl)ccc2Cl)C(C)C(=O)Cl)cc1. The summed E-state index contributed by atoms with van der Waals surface area (Å²) in [6, 6.07) is 9.46. The lowest BCUT2D eigenvalue weighted by atomic mass is 10.2. The van der Waals surface area contributed by atoms with Crippen molar-refractivity contribution in [3.63, 3.8) is 0 Å². The third-order valence-corrected chi connectivity index (χ3v) is 6.17. The highest BCUT2D eigenvalue weighted by Crippen LogP contribution is 2.35. The van der Waals surface area contributed by atoms with Gasteiger partial charge in [0.25, 0.3) is 10.0 Å². The van der Waals surface area contributed by atoms with Crippen LogP contribution >= 0.6 is 34.8 Å². The van der Waals surface area contributed by atoms with Crippen molar-refractivity contribution >= 4 is 55.8 Å². The number of carbonyl (C=O) groups excluding carboxylic acids is 1. The molecule has 0 aliphatic heterocycles. The summed E-state index contributed by atoms with van der Waals surface area (Å²) in [4.78, 5) is 11.7. The van der Waals surface area contributed by atoms with E-state index in [2.05, 4.69) is 0 Å². The Morgan fingerprint density at radius 1 is 1.08 bits per heavy atom. The Balaban J connectivity index is 2.68. The van der Waals surface area contributed by atoms with Crippen LogP contribution in [0.2, 0.25) is 10.0 Å². The van der Waals surface area contributed by atoms with Gasteiger partial charge < -0.3 is 0 Å². The van der Waals surface area contributed by atoms with Gasteiger partial charge in [-0.05, 0) is 55.8 Å². The van der Waals surface area contributed by atoms with Crippen molar-refractivity contribution in [1.82, 2.24) is 0 Å². The first-order chi connectivity index (χ1) is 11.1. The second-order valence-corrected chi connectivity index (χ2v) is 8.22. The first kappa shape index (κ1) is 19.1. The molecule has 2 aromatic rings. The van der Waals surface area contributed by atoms with Gasteiger partial charge in [0.05, 0.1) is 15.6 Å². The van der Waals surface area contributed by atoms with Crippen molar-refractivity contribution in [3.05, 3.63) is 58.1 Å². The smallest absolute Gasteiger partial charge is 0.265 e. The molecule has 24 heavy (non-hydrogen) atoms. The molecule has 0 bridgehead atoms. The Bertz CT molecular complexity index is 867. The number of halogens is 3. The fraction of sp³-hybridized carbons (Fsp3) is 0.188. The quantitative estimate of drug-likeness (QED) is 0.679. The van der Waals surface area contributed by atoms with Crippen LogP contribution in [-0.2, 0) is 14.8 Å². The van der Waals surface area contributed by atoms with Crippen LogP contribution in [0.4, 0.5) is 5.69 Å². The maximum absolute atomic E-state index is 13.1. The minimum Gasteiger partial charge on any atom is -0.279 e. The van der Waals surface area contributed by atoms with Gasteiger partial charge in [0.15, 0.2) is 0 Å². The summed E-state index contributed by atoms with van der Waals surface area (Å²) in [6.45, 7) is 3.23. The van der Waals surface area contributed by atoms with Gasteiger partial charge in [0.2, 0.25) is 5.24 Å². The zero-order valence-corrected chi connectivity index (χ0v) is 15.9. The van der Waals surface area contributed by atoms with Gasteiger partial charge in [-0.1, -0.05) is 40.9 Å². The van der Waals surface area contributed by atoms with Crippen molar-refractivity contribution in [2.45, 2.75) is 24.8 Å². The van der Waals surface area contributed by atoms with E-state index in [1.165, 1.54) is 37.3 Å². The maximum Gasteiger partial charge on any atom is 0.265 e. The van der Waals surface area contributed by atoms with Crippen LogP contribution in [0.3, 0.4) is 0 Å². The number of sulfonamides is 1. The van der Waals surface area contributed by atoms with Crippen LogP contribution in [0.15, 0.2) is 47.4 Å². The summed E-state index contributed by atoms with van der Waals surface area (Å²) in [5.74, 6) is 0. The van der Waals surface area contributed by atoms with Crippen molar-refractivity contribution in [2.75, 3.05) is 4.31 Å². The number of benzene rings is 2. The standard InChI is InChI=1S/C16H14Cl3NO3S/c1-10-3-6-13(7-4-10)24(22,23)20(11(2)16(19)21)15-9-12(17)5-8-14(15)18/h3-9,11H,1-2H3. The zero-order chi connectivity index (χ0) is 18.1. The fourth-order valence-corrected chi connectivity index (χ4v) is 4.33. The Morgan fingerprint density at radius 3 is 2.21 bits per heavy atom. The van der Waals surface area contributed by atoms with E-state index in [1.807, 2.05) is 6.92 Å². The lowest BCUT2D eigenvalue weighted by Crippen LogP contribution is -2.42. The molecule has 8 heteroatoms. The first-order valence-electron chi connectivity index (χ1n) is 6.90. The molecular weight excluding hydrogens is 393 g/mol. The molecule has 0 spiro atoms. The van der Waals surface area contributed by atoms with E-state index in [1.54, 1.807) is 12.1 Å². The highest BCUT2D eigenvalue weighted by molar-refractivity contribution is 7.93. The second-order valence-electron chi connectivity index (χ2n) is 5.19. The molecule has 1 atom stereocenters. The molecule has 0 saturated carbocycles. The Hall–Kier alpha value is -1.27. The molecule has 0 radical (unpaired) electrons. The van der Waals surface area contributed by atoms with Crippen LogP contribution in [0.1, 0.15) is 12.5 Å². The Kier molecular flexibility index (Phi) is 5.81. The van der Waals surface area contributed by atoms with E-state index in [4.69, 9.17) is 34.8 Å². The summed E-state index contributed by atoms with van der Waals surface area (Å²) in [5, 5.41) is -0.408. The Labute approximate surface area is 156 Å². The van der Waals surface area contributed by atoms with Crippen molar-refractivity contribution in [2.24, 2.45) is 0 Å². The minimum absolute atomic E-state index is 0.0221. The molecular formula is C16H14Cl3NO3S. The summed E-state index contributed by atoms with van der Waals surface area (Å²) in [6.07, 6.45) is 0.